The minimum atomic E-state index is -0.447. The Morgan fingerprint density at radius 2 is 2.28 bits per heavy atom. The van der Waals surface area contributed by atoms with Crippen molar-refractivity contribution < 1.29 is 4.79 Å². The third-order valence-corrected chi connectivity index (χ3v) is 3.77. The van der Waals surface area contributed by atoms with Gasteiger partial charge >= 0.3 is 0 Å². The van der Waals surface area contributed by atoms with Gasteiger partial charge in [-0.2, -0.15) is 0 Å². The molecule has 2 rings (SSSR count). The van der Waals surface area contributed by atoms with Crippen molar-refractivity contribution in [3.8, 4) is 0 Å². The number of carbonyl (C=O) groups is 1. The normalized spacial score (nSPS) is 21.1. The van der Waals surface area contributed by atoms with E-state index in [1.807, 2.05) is 13.0 Å². The first-order chi connectivity index (χ1) is 8.49. The van der Waals surface area contributed by atoms with Gasteiger partial charge in [0.1, 0.15) is 0 Å². The topological polar surface area (TPSA) is 72.3 Å². The van der Waals surface area contributed by atoms with Gasteiger partial charge in [-0.25, -0.2) is 0 Å². The van der Waals surface area contributed by atoms with Crippen LogP contribution >= 0.6 is 11.6 Å². The molecule has 1 aromatic carbocycles. The van der Waals surface area contributed by atoms with E-state index >= 15 is 0 Å². The second-order valence-electron chi connectivity index (χ2n) is 4.88. The van der Waals surface area contributed by atoms with E-state index < -0.39 is 5.91 Å². The van der Waals surface area contributed by atoms with Crippen LogP contribution in [0.5, 0.6) is 0 Å². The molecule has 2 unspecified atom stereocenters. The molecule has 4 nitrogen and oxygen atoms in total. The van der Waals surface area contributed by atoms with Gasteiger partial charge in [0, 0.05) is 29.8 Å². The van der Waals surface area contributed by atoms with Crippen molar-refractivity contribution in [2.24, 2.45) is 17.4 Å². The summed E-state index contributed by atoms with van der Waals surface area (Å²) in [4.78, 5) is 13.6. The first-order valence-corrected chi connectivity index (χ1v) is 6.46. The van der Waals surface area contributed by atoms with E-state index in [-0.39, 0.29) is 6.04 Å². The number of hydrogen-bond donors (Lipinski definition) is 2. The fourth-order valence-electron chi connectivity index (χ4n) is 2.42. The summed E-state index contributed by atoms with van der Waals surface area (Å²) in [5.41, 5.74) is 12.7. The van der Waals surface area contributed by atoms with Crippen LogP contribution < -0.4 is 16.4 Å². The molecule has 18 heavy (non-hydrogen) atoms. The Hall–Kier alpha value is -1.26. The van der Waals surface area contributed by atoms with E-state index in [1.165, 1.54) is 0 Å². The second-order valence-corrected chi connectivity index (χ2v) is 5.32. The number of benzene rings is 1. The molecule has 1 saturated heterocycles. The Morgan fingerprint density at radius 1 is 1.56 bits per heavy atom. The molecule has 1 aromatic rings. The van der Waals surface area contributed by atoms with Gasteiger partial charge < -0.3 is 16.4 Å². The first-order valence-electron chi connectivity index (χ1n) is 6.09. The van der Waals surface area contributed by atoms with Crippen LogP contribution in [0.2, 0.25) is 5.02 Å². The lowest BCUT2D eigenvalue weighted by Crippen LogP contribution is -2.30. The number of amides is 1. The van der Waals surface area contributed by atoms with E-state index in [4.69, 9.17) is 23.1 Å². The smallest absolute Gasteiger partial charge is 0.250 e. The quantitative estimate of drug-likeness (QED) is 0.874. The van der Waals surface area contributed by atoms with Crippen LogP contribution in [0, 0.1) is 5.92 Å². The fraction of sp³-hybridized carbons (Fsp3) is 0.462. The zero-order valence-electron chi connectivity index (χ0n) is 10.4. The second kappa shape index (κ2) is 5.16. The third kappa shape index (κ3) is 2.60. The summed E-state index contributed by atoms with van der Waals surface area (Å²) in [6.07, 6.45) is 1.04. The summed E-state index contributed by atoms with van der Waals surface area (Å²) >= 11 is 5.90. The summed E-state index contributed by atoms with van der Waals surface area (Å²) < 4.78 is 0. The minimum absolute atomic E-state index is 0.166. The molecule has 1 aliphatic heterocycles. The maximum atomic E-state index is 11.5. The van der Waals surface area contributed by atoms with Crippen molar-refractivity contribution in [2.45, 2.75) is 19.4 Å². The highest BCUT2D eigenvalue weighted by atomic mass is 35.5. The van der Waals surface area contributed by atoms with Crippen LogP contribution in [0.15, 0.2) is 18.2 Å². The lowest BCUT2D eigenvalue weighted by molar-refractivity contribution is 0.100. The van der Waals surface area contributed by atoms with E-state index in [2.05, 4.69) is 4.90 Å². The van der Waals surface area contributed by atoms with Crippen molar-refractivity contribution >= 4 is 23.2 Å². The van der Waals surface area contributed by atoms with Crippen molar-refractivity contribution in [3.05, 3.63) is 28.8 Å². The number of carbonyl (C=O) groups excluding carboxylic acids is 1. The highest BCUT2D eigenvalue weighted by Crippen LogP contribution is 2.29. The van der Waals surface area contributed by atoms with Crippen LogP contribution in [0.25, 0.3) is 0 Å². The number of rotatable bonds is 3. The fourth-order valence-corrected chi connectivity index (χ4v) is 2.59. The average Bonchev–Trinajstić information content (AvgIpc) is 2.78. The van der Waals surface area contributed by atoms with Gasteiger partial charge in [-0.1, -0.05) is 11.6 Å². The van der Waals surface area contributed by atoms with Crippen molar-refractivity contribution in [2.75, 3.05) is 18.0 Å². The highest BCUT2D eigenvalue weighted by molar-refractivity contribution is 6.31. The van der Waals surface area contributed by atoms with Crippen molar-refractivity contribution in [1.82, 2.24) is 0 Å². The molecule has 0 radical (unpaired) electrons. The number of halogens is 1. The van der Waals surface area contributed by atoms with Crippen molar-refractivity contribution in [1.29, 1.82) is 0 Å². The Bertz CT molecular complexity index is 462. The van der Waals surface area contributed by atoms with E-state index in [0.29, 0.717) is 16.5 Å². The predicted octanol–water partition coefficient (Wildman–Crippen LogP) is 1.61. The molecule has 1 heterocycles. The largest absolute Gasteiger partial charge is 0.371 e. The summed E-state index contributed by atoms with van der Waals surface area (Å²) in [7, 11) is 0. The molecule has 0 spiro atoms. The molecule has 1 amide bonds. The van der Waals surface area contributed by atoms with Gasteiger partial charge in [0.2, 0.25) is 0 Å². The lowest BCUT2D eigenvalue weighted by atomic mass is 10.0. The number of nitrogens with zero attached hydrogens (tertiary/aromatic N) is 1. The van der Waals surface area contributed by atoms with Gasteiger partial charge in [0.25, 0.3) is 5.91 Å². The Labute approximate surface area is 112 Å². The lowest BCUT2D eigenvalue weighted by Gasteiger charge is -2.22. The number of nitrogens with two attached hydrogens (primary N) is 2. The molecular weight excluding hydrogens is 250 g/mol. The third-order valence-electron chi connectivity index (χ3n) is 3.53. The molecule has 0 aliphatic carbocycles. The molecule has 5 heteroatoms. The van der Waals surface area contributed by atoms with Crippen LogP contribution in [0.3, 0.4) is 0 Å². The summed E-state index contributed by atoms with van der Waals surface area (Å²) in [5.74, 6) is 0.0122. The van der Waals surface area contributed by atoms with Crippen LogP contribution in [-0.2, 0) is 0 Å². The van der Waals surface area contributed by atoms with Crippen LogP contribution in [0.4, 0.5) is 5.69 Å². The van der Waals surface area contributed by atoms with Crippen LogP contribution in [0.1, 0.15) is 23.7 Å². The van der Waals surface area contributed by atoms with E-state index in [1.54, 1.807) is 12.1 Å². The first kappa shape index (κ1) is 13.2. The molecular formula is C13H18ClN3O. The predicted molar refractivity (Wildman–Crippen MR) is 73.9 cm³/mol. The van der Waals surface area contributed by atoms with Gasteiger partial charge in [-0.05, 0) is 37.5 Å². The summed E-state index contributed by atoms with van der Waals surface area (Å²) in [6, 6.07) is 5.42. The van der Waals surface area contributed by atoms with Crippen LogP contribution in [-0.4, -0.2) is 25.0 Å². The Balaban J connectivity index is 2.27. The number of hydrogen-bond acceptors (Lipinski definition) is 3. The molecule has 98 valence electrons. The summed E-state index contributed by atoms with van der Waals surface area (Å²) in [6.45, 7) is 3.78. The Morgan fingerprint density at radius 3 is 2.83 bits per heavy atom. The molecule has 0 bridgehead atoms. The highest BCUT2D eigenvalue weighted by Gasteiger charge is 2.27. The molecule has 1 fully saturated rings. The maximum absolute atomic E-state index is 11.5. The molecule has 1 aliphatic rings. The summed E-state index contributed by atoms with van der Waals surface area (Å²) in [5, 5.41) is 0.524. The van der Waals surface area contributed by atoms with E-state index in [0.717, 1.165) is 25.2 Å². The molecule has 4 N–H and O–H groups in total. The monoisotopic (exact) mass is 267 g/mol. The minimum Gasteiger partial charge on any atom is -0.371 e. The SMILES string of the molecule is CC(N)C1CCN(c2ccc(Cl)cc2C(N)=O)C1. The maximum Gasteiger partial charge on any atom is 0.250 e. The average molecular weight is 268 g/mol. The standard InChI is InChI=1S/C13H18ClN3O/c1-8(15)9-4-5-17(7-9)12-3-2-10(14)6-11(12)13(16)18/h2-3,6,8-9H,4-5,7,15H2,1H3,(H2,16,18). The van der Waals surface area contributed by atoms with Gasteiger partial charge in [0.05, 0.1) is 5.56 Å². The number of anilines is 1. The van der Waals surface area contributed by atoms with Crippen molar-refractivity contribution in [3.63, 3.8) is 0 Å². The number of primary amides is 1. The zero-order valence-corrected chi connectivity index (χ0v) is 11.2. The molecule has 2 atom stereocenters. The van der Waals surface area contributed by atoms with Gasteiger partial charge in [0.15, 0.2) is 0 Å². The molecule has 0 saturated carbocycles. The van der Waals surface area contributed by atoms with Gasteiger partial charge in [-0.3, -0.25) is 4.79 Å². The van der Waals surface area contributed by atoms with E-state index in [9.17, 15) is 4.79 Å². The molecule has 0 aromatic heterocycles. The Kier molecular flexibility index (Phi) is 3.78. The van der Waals surface area contributed by atoms with Gasteiger partial charge in [-0.15, -0.1) is 0 Å². The zero-order chi connectivity index (χ0) is 13.3.